The van der Waals surface area contributed by atoms with Crippen LogP contribution >= 0.6 is 24.8 Å². The zero-order chi connectivity index (χ0) is 10.8. The second kappa shape index (κ2) is 6.71. The summed E-state index contributed by atoms with van der Waals surface area (Å²) in [6.45, 7) is 0.435. The molecule has 17 heavy (non-hydrogen) atoms. The van der Waals surface area contributed by atoms with E-state index in [0.717, 1.165) is 22.2 Å². The number of benzene rings is 1. The Morgan fingerprint density at radius 3 is 2.65 bits per heavy atom. The van der Waals surface area contributed by atoms with E-state index in [1.807, 2.05) is 24.4 Å². The van der Waals surface area contributed by atoms with E-state index in [0.29, 0.717) is 6.54 Å². The lowest BCUT2D eigenvalue weighted by atomic mass is 10.1. The summed E-state index contributed by atoms with van der Waals surface area (Å²) in [5.41, 5.74) is 13.5. The number of rotatable bonds is 3. The molecule has 1 heterocycles. The first-order valence-electron chi connectivity index (χ1n) is 4.87. The van der Waals surface area contributed by atoms with Gasteiger partial charge in [0, 0.05) is 29.7 Å². The maximum atomic E-state index is 5.91. The van der Waals surface area contributed by atoms with Crippen LogP contribution in [-0.4, -0.2) is 18.6 Å². The molecule has 0 spiro atoms. The van der Waals surface area contributed by atoms with Crippen LogP contribution in [0.1, 0.15) is 11.6 Å². The zero-order valence-corrected chi connectivity index (χ0v) is 11.1. The largest absolute Gasteiger partial charge is 0.497 e. The topological polar surface area (TPSA) is 77.1 Å². The van der Waals surface area contributed by atoms with Crippen LogP contribution in [0, 0.1) is 0 Å². The highest BCUT2D eigenvalue weighted by atomic mass is 35.5. The average molecular weight is 278 g/mol. The minimum absolute atomic E-state index is 0. The van der Waals surface area contributed by atoms with Gasteiger partial charge in [0.2, 0.25) is 0 Å². The van der Waals surface area contributed by atoms with Gasteiger partial charge in [-0.15, -0.1) is 24.8 Å². The maximum absolute atomic E-state index is 5.91. The molecule has 1 aromatic heterocycles. The standard InChI is InChI=1S/C11H15N3O.2ClH/c1-15-7-2-3-11-8(4-7)9(6-14-11)10(13)5-12;;/h2-4,6,10,14H,5,12-13H2,1H3;2*1H. The molecule has 0 bridgehead atoms. The molecule has 0 radical (unpaired) electrons. The molecule has 0 saturated carbocycles. The van der Waals surface area contributed by atoms with Crippen molar-refractivity contribution < 1.29 is 4.74 Å². The predicted octanol–water partition coefficient (Wildman–Crippen LogP) is 1.98. The number of ether oxygens (including phenoxy) is 1. The molecule has 0 fully saturated rings. The fourth-order valence-corrected chi connectivity index (χ4v) is 1.68. The lowest BCUT2D eigenvalue weighted by Crippen LogP contribution is -2.20. The van der Waals surface area contributed by atoms with E-state index in [4.69, 9.17) is 16.2 Å². The molecule has 0 amide bonds. The van der Waals surface area contributed by atoms with Crippen molar-refractivity contribution in [2.24, 2.45) is 11.5 Å². The van der Waals surface area contributed by atoms with Gasteiger partial charge in [-0.2, -0.15) is 0 Å². The lowest BCUT2D eigenvalue weighted by Gasteiger charge is -2.07. The van der Waals surface area contributed by atoms with Crippen LogP contribution in [0.3, 0.4) is 0 Å². The highest BCUT2D eigenvalue weighted by Crippen LogP contribution is 2.26. The number of H-pyrrole nitrogens is 1. The van der Waals surface area contributed by atoms with E-state index in [2.05, 4.69) is 4.98 Å². The Kier molecular flexibility index (Phi) is 6.34. The molecule has 0 aliphatic carbocycles. The van der Waals surface area contributed by atoms with Crippen molar-refractivity contribution in [3.05, 3.63) is 30.0 Å². The van der Waals surface area contributed by atoms with Gasteiger partial charge in [-0.25, -0.2) is 0 Å². The molecular formula is C11H17Cl2N3O. The van der Waals surface area contributed by atoms with E-state index in [1.165, 1.54) is 0 Å². The van der Waals surface area contributed by atoms with Gasteiger partial charge in [-0.1, -0.05) is 0 Å². The molecule has 1 atom stereocenters. The van der Waals surface area contributed by atoms with Gasteiger partial charge in [0.05, 0.1) is 7.11 Å². The Morgan fingerprint density at radius 1 is 1.35 bits per heavy atom. The van der Waals surface area contributed by atoms with Crippen LogP contribution < -0.4 is 16.2 Å². The Bertz CT molecular complexity index is 473. The zero-order valence-electron chi connectivity index (χ0n) is 9.47. The van der Waals surface area contributed by atoms with Crippen LogP contribution in [0.4, 0.5) is 0 Å². The Labute approximate surface area is 113 Å². The smallest absolute Gasteiger partial charge is 0.119 e. The Balaban J connectivity index is 0.00000128. The summed E-state index contributed by atoms with van der Waals surface area (Å²) in [6.07, 6.45) is 1.90. The summed E-state index contributed by atoms with van der Waals surface area (Å²) in [5, 5.41) is 1.08. The fourth-order valence-electron chi connectivity index (χ4n) is 1.68. The van der Waals surface area contributed by atoms with Crippen LogP contribution in [0.2, 0.25) is 0 Å². The van der Waals surface area contributed by atoms with Crippen LogP contribution in [0.25, 0.3) is 10.9 Å². The van der Waals surface area contributed by atoms with Crippen LogP contribution in [0.5, 0.6) is 5.75 Å². The number of nitrogens with two attached hydrogens (primary N) is 2. The first-order valence-corrected chi connectivity index (χ1v) is 4.87. The second-order valence-electron chi connectivity index (χ2n) is 3.50. The van der Waals surface area contributed by atoms with Crippen molar-refractivity contribution >= 4 is 35.7 Å². The molecule has 1 unspecified atom stereocenters. The molecule has 4 nitrogen and oxygen atoms in total. The van der Waals surface area contributed by atoms with Crippen molar-refractivity contribution in [1.82, 2.24) is 4.98 Å². The van der Waals surface area contributed by atoms with Gasteiger partial charge in [-0.05, 0) is 23.8 Å². The SMILES string of the molecule is COc1ccc2[nH]cc(C(N)CN)c2c1.Cl.Cl. The van der Waals surface area contributed by atoms with E-state index in [9.17, 15) is 0 Å². The summed E-state index contributed by atoms with van der Waals surface area (Å²) in [7, 11) is 1.65. The van der Waals surface area contributed by atoms with Gasteiger partial charge < -0.3 is 21.2 Å². The summed E-state index contributed by atoms with van der Waals surface area (Å²) >= 11 is 0. The fraction of sp³-hybridized carbons (Fsp3) is 0.273. The number of methoxy groups -OCH3 is 1. The lowest BCUT2D eigenvalue weighted by molar-refractivity contribution is 0.415. The van der Waals surface area contributed by atoms with Crippen molar-refractivity contribution in [1.29, 1.82) is 0 Å². The van der Waals surface area contributed by atoms with Crippen molar-refractivity contribution in [2.75, 3.05) is 13.7 Å². The molecule has 5 N–H and O–H groups in total. The molecule has 96 valence electrons. The van der Waals surface area contributed by atoms with Crippen LogP contribution in [-0.2, 0) is 0 Å². The molecular weight excluding hydrogens is 261 g/mol. The van der Waals surface area contributed by atoms with Gasteiger partial charge in [-0.3, -0.25) is 0 Å². The van der Waals surface area contributed by atoms with Gasteiger partial charge in [0.15, 0.2) is 0 Å². The molecule has 0 aliphatic heterocycles. The second-order valence-corrected chi connectivity index (χ2v) is 3.50. The van der Waals surface area contributed by atoms with Crippen LogP contribution in [0.15, 0.2) is 24.4 Å². The first-order chi connectivity index (χ1) is 7.26. The number of halogens is 2. The van der Waals surface area contributed by atoms with Crippen molar-refractivity contribution in [3.63, 3.8) is 0 Å². The number of aromatic nitrogens is 1. The summed E-state index contributed by atoms with van der Waals surface area (Å²) in [5.74, 6) is 0.826. The number of fused-ring (bicyclic) bond motifs is 1. The van der Waals surface area contributed by atoms with Gasteiger partial charge in [0.1, 0.15) is 5.75 Å². The first kappa shape index (κ1) is 16.1. The summed E-state index contributed by atoms with van der Waals surface area (Å²) in [6, 6.07) is 5.72. The summed E-state index contributed by atoms with van der Waals surface area (Å²) in [4.78, 5) is 3.16. The minimum atomic E-state index is -0.133. The molecule has 6 heteroatoms. The van der Waals surface area contributed by atoms with E-state index in [-0.39, 0.29) is 30.9 Å². The average Bonchev–Trinajstić information content (AvgIpc) is 2.70. The normalized spacial score (nSPS) is 11.5. The third kappa shape index (κ3) is 3.04. The minimum Gasteiger partial charge on any atom is -0.497 e. The molecule has 0 saturated heterocycles. The maximum Gasteiger partial charge on any atom is 0.119 e. The predicted molar refractivity (Wildman–Crippen MR) is 75.3 cm³/mol. The third-order valence-electron chi connectivity index (χ3n) is 2.57. The van der Waals surface area contributed by atoms with E-state index < -0.39 is 0 Å². The molecule has 0 aliphatic rings. The quantitative estimate of drug-likeness (QED) is 0.803. The third-order valence-corrected chi connectivity index (χ3v) is 2.57. The van der Waals surface area contributed by atoms with Crippen molar-refractivity contribution in [3.8, 4) is 5.75 Å². The van der Waals surface area contributed by atoms with Gasteiger partial charge >= 0.3 is 0 Å². The molecule has 2 aromatic rings. The number of hydrogen-bond donors (Lipinski definition) is 3. The summed E-state index contributed by atoms with van der Waals surface area (Å²) < 4.78 is 5.17. The number of aromatic amines is 1. The monoisotopic (exact) mass is 277 g/mol. The molecule has 2 rings (SSSR count). The highest BCUT2D eigenvalue weighted by molar-refractivity contribution is 5.86. The Morgan fingerprint density at radius 2 is 2.06 bits per heavy atom. The molecule has 1 aromatic carbocycles. The van der Waals surface area contributed by atoms with E-state index >= 15 is 0 Å². The number of nitrogens with one attached hydrogen (secondary N) is 1. The van der Waals surface area contributed by atoms with E-state index in [1.54, 1.807) is 7.11 Å². The van der Waals surface area contributed by atoms with Gasteiger partial charge in [0.25, 0.3) is 0 Å². The number of hydrogen-bond acceptors (Lipinski definition) is 3. The highest BCUT2D eigenvalue weighted by Gasteiger charge is 2.10. The Hall–Kier alpha value is -0.940. The van der Waals surface area contributed by atoms with Crippen molar-refractivity contribution in [2.45, 2.75) is 6.04 Å².